The van der Waals surface area contributed by atoms with E-state index in [-0.39, 0.29) is 12.0 Å². The summed E-state index contributed by atoms with van der Waals surface area (Å²) >= 11 is 0. The van der Waals surface area contributed by atoms with Gasteiger partial charge in [0.15, 0.2) is 0 Å². The highest BCUT2D eigenvalue weighted by molar-refractivity contribution is 5.98. The third kappa shape index (κ3) is 3.47. The van der Waals surface area contributed by atoms with Gasteiger partial charge in [0.1, 0.15) is 0 Å². The SMILES string of the molecule is C[C@@H]1CCCN(C[C@@H](O)c2ccc3c(c2)C[C@H](C)N3C(=O)C2CC2)C1. The van der Waals surface area contributed by atoms with Crippen LogP contribution in [0.1, 0.15) is 56.8 Å². The number of likely N-dealkylation sites (tertiary alicyclic amines) is 1. The van der Waals surface area contributed by atoms with E-state index in [1.54, 1.807) is 0 Å². The van der Waals surface area contributed by atoms with E-state index >= 15 is 0 Å². The lowest BCUT2D eigenvalue weighted by Gasteiger charge is -2.32. The van der Waals surface area contributed by atoms with Crippen LogP contribution in [0.2, 0.25) is 0 Å². The van der Waals surface area contributed by atoms with Crippen molar-refractivity contribution in [2.24, 2.45) is 11.8 Å². The highest BCUT2D eigenvalue weighted by atomic mass is 16.3. The number of benzene rings is 1. The molecule has 0 unspecified atom stereocenters. The summed E-state index contributed by atoms with van der Waals surface area (Å²) in [5, 5.41) is 10.7. The van der Waals surface area contributed by atoms with E-state index in [4.69, 9.17) is 0 Å². The fourth-order valence-electron chi connectivity index (χ4n) is 4.52. The van der Waals surface area contributed by atoms with E-state index in [0.29, 0.717) is 12.5 Å². The molecule has 0 bridgehead atoms. The molecule has 1 saturated heterocycles. The minimum Gasteiger partial charge on any atom is -0.387 e. The Labute approximate surface area is 150 Å². The monoisotopic (exact) mass is 342 g/mol. The second-order valence-electron chi connectivity index (χ2n) is 8.45. The van der Waals surface area contributed by atoms with Gasteiger partial charge in [0.25, 0.3) is 0 Å². The fraction of sp³-hybridized carbons (Fsp3) is 0.667. The molecule has 2 aliphatic heterocycles. The number of aliphatic hydroxyl groups is 1. The number of carbonyl (C=O) groups excluding carboxylic acids is 1. The Morgan fingerprint density at radius 2 is 2.08 bits per heavy atom. The highest BCUT2D eigenvalue weighted by Crippen LogP contribution is 2.39. The van der Waals surface area contributed by atoms with Crippen LogP contribution in [0, 0.1) is 11.8 Å². The lowest BCUT2D eigenvalue weighted by Crippen LogP contribution is -2.37. The van der Waals surface area contributed by atoms with Gasteiger partial charge in [-0.1, -0.05) is 19.1 Å². The zero-order valence-corrected chi connectivity index (χ0v) is 15.4. The Morgan fingerprint density at radius 3 is 2.80 bits per heavy atom. The molecule has 1 N–H and O–H groups in total. The zero-order valence-electron chi connectivity index (χ0n) is 15.4. The molecule has 2 heterocycles. The molecule has 0 aromatic heterocycles. The fourth-order valence-corrected chi connectivity index (χ4v) is 4.52. The van der Waals surface area contributed by atoms with E-state index in [2.05, 4.69) is 30.9 Å². The number of hydrogen-bond donors (Lipinski definition) is 1. The average molecular weight is 342 g/mol. The van der Waals surface area contributed by atoms with Gasteiger partial charge in [-0.05, 0) is 68.7 Å². The maximum atomic E-state index is 12.6. The van der Waals surface area contributed by atoms with Crippen molar-refractivity contribution in [2.75, 3.05) is 24.5 Å². The molecular formula is C21H30N2O2. The Bertz CT molecular complexity index is 655. The maximum absolute atomic E-state index is 12.6. The first-order valence-corrected chi connectivity index (χ1v) is 9.89. The number of amides is 1. The molecule has 1 aromatic rings. The van der Waals surface area contributed by atoms with Gasteiger partial charge in [0, 0.05) is 30.7 Å². The molecule has 4 nitrogen and oxygen atoms in total. The van der Waals surface area contributed by atoms with Crippen LogP contribution in [0.4, 0.5) is 5.69 Å². The Balaban J connectivity index is 1.47. The van der Waals surface area contributed by atoms with Crippen molar-refractivity contribution in [3.63, 3.8) is 0 Å². The van der Waals surface area contributed by atoms with Crippen molar-refractivity contribution in [3.8, 4) is 0 Å². The molecule has 25 heavy (non-hydrogen) atoms. The predicted molar refractivity (Wildman–Crippen MR) is 99.6 cm³/mol. The van der Waals surface area contributed by atoms with Crippen molar-refractivity contribution in [2.45, 2.75) is 58.1 Å². The van der Waals surface area contributed by atoms with Gasteiger partial charge >= 0.3 is 0 Å². The first kappa shape index (κ1) is 17.0. The molecular weight excluding hydrogens is 312 g/mol. The second-order valence-corrected chi connectivity index (χ2v) is 8.45. The van der Waals surface area contributed by atoms with Gasteiger partial charge < -0.3 is 14.9 Å². The van der Waals surface area contributed by atoms with Crippen LogP contribution in [0.5, 0.6) is 0 Å². The third-order valence-electron chi connectivity index (χ3n) is 6.04. The topological polar surface area (TPSA) is 43.8 Å². The predicted octanol–water partition coefficient (Wildman–Crippen LogP) is 3.14. The van der Waals surface area contributed by atoms with Crippen molar-refractivity contribution >= 4 is 11.6 Å². The van der Waals surface area contributed by atoms with Gasteiger partial charge in [-0.25, -0.2) is 0 Å². The van der Waals surface area contributed by atoms with Gasteiger partial charge in [-0.2, -0.15) is 0 Å². The molecule has 4 rings (SSSR count). The molecule has 1 aliphatic carbocycles. The van der Waals surface area contributed by atoms with Crippen LogP contribution < -0.4 is 4.90 Å². The number of β-amino-alcohol motifs (C(OH)–C–C–N with tert-alkyl or cyclic N) is 1. The average Bonchev–Trinajstić information content (AvgIpc) is 3.36. The molecule has 1 saturated carbocycles. The van der Waals surface area contributed by atoms with E-state index in [0.717, 1.165) is 49.5 Å². The zero-order chi connectivity index (χ0) is 17.6. The summed E-state index contributed by atoms with van der Waals surface area (Å²) in [7, 11) is 0. The van der Waals surface area contributed by atoms with E-state index in [1.165, 1.54) is 18.4 Å². The number of piperidine rings is 1. The summed E-state index contributed by atoms with van der Waals surface area (Å²) < 4.78 is 0. The molecule has 4 heteroatoms. The molecule has 136 valence electrons. The molecule has 1 aromatic carbocycles. The van der Waals surface area contributed by atoms with Crippen LogP contribution in [0.15, 0.2) is 18.2 Å². The van der Waals surface area contributed by atoms with Gasteiger partial charge in [0.2, 0.25) is 5.91 Å². The van der Waals surface area contributed by atoms with Gasteiger partial charge in [-0.3, -0.25) is 4.79 Å². The number of anilines is 1. The summed E-state index contributed by atoms with van der Waals surface area (Å²) in [5.74, 6) is 1.27. The van der Waals surface area contributed by atoms with Crippen molar-refractivity contribution in [1.82, 2.24) is 4.90 Å². The van der Waals surface area contributed by atoms with Crippen LogP contribution in [0.25, 0.3) is 0 Å². The first-order valence-electron chi connectivity index (χ1n) is 9.89. The number of aliphatic hydroxyl groups excluding tert-OH is 1. The molecule has 0 spiro atoms. The number of carbonyl (C=O) groups is 1. The molecule has 2 fully saturated rings. The Morgan fingerprint density at radius 1 is 1.28 bits per heavy atom. The minimum absolute atomic E-state index is 0.235. The van der Waals surface area contributed by atoms with Crippen molar-refractivity contribution in [1.29, 1.82) is 0 Å². The summed E-state index contributed by atoms with van der Waals surface area (Å²) in [4.78, 5) is 16.9. The number of fused-ring (bicyclic) bond motifs is 1. The number of nitrogens with zero attached hydrogens (tertiary/aromatic N) is 2. The lowest BCUT2D eigenvalue weighted by molar-refractivity contribution is -0.120. The van der Waals surface area contributed by atoms with Crippen LogP contribution in [-0.2, 0) is 11.2 Å². The summed E-state index contributed by atoms with van der Waals surface area (Å²) in [6.07, 6.45) is 5.07. The Hall–Kier alpha value is -1.39. The standard InChI is InChI=1S/C21H30N2O2/c1-14-4-3-9-22(12-14)13-20(24)17-7-8-19-18(11-17)10-15(2)23(19)21(25)16-5-6-16/h7-8,11,14-16,20,24H,3-6,9-10,12-13H2,1-2H3/t14-,15+,20-/m1/s1. The summed E-state index contributed by atoms with van der Waals surface area (Å²) in [6, 6.07) is 6.43. The van der Waals surface area contributed by atoms with E-state index < -0.39 is 6.10 Å². The molecule has 1 amide bonds. The smallest absolute Gasteiger partial charge is 0.230 e. The van der Waals surface area contributed by atoms with Gasteiger partial charge in [-0.15, -0.1) is 0 Å². The highest BCUT2D eigenvalue weighted by Gasteiger charge is 2.39. The second kappa shape index (κ2) is 6.73. The van der Waals surface area contributed by atoms with Crippen LogP contribution in [0.3, 0.4) is 0 Å². The van der Waals surface area contributed by atoms with Crippen LogP contribution >= 0.6 is 0 Å². The minimum atomic E-state index is -0.445. The number of hydrogen-bond acceptors (Lipinski definition) is 3. The van der Waals surface area contributed by atoms with E-state index in [9.17, 15) is 9.90 Å². The largest absolute Gasteiger partial charge is 0.387 e. The van der Waals surface area contributed by atoms with Crippen molar-refractivity contribution in [3.05, 3.63) is 29.3 Å². The third-order valence-corrected chi connectivity index (χ3v) is 6.04. The van der Waals surface area contributed by atoms with Crippen LogP contribution in [-0.4, -0.2) is 41.6 Å². The molecule has 3 atom stereocenters. The quantitative estimate of drug-likeness (QED) is 0.914. The molecule has 0 radical (unpaired) electrons. The maximum Gasteiger partial charge on any atom is 0.230 e. The van der Waals surface area contributed by atoms with Crippen molar-refractivity contribution < 1.29 is 9.90 Å². The number of rotatable bonds is 4. The molecule has 3 aliphatic rings. The summed E-state index contributed by atoms with van der Waals surface area (Å²) in [5.41, 5.74) is 3.27. The Kier molecular flexibility index (Phi) is 4.59. The first-order chi connectivity index (χ1) is 12.0. The van der Waals surface area contributed by atoms with Gasteiger partial charge in [0.05, 0.1) is 6.10 Å². The normalized spacial score (nSPS) is 28.0. The lowest BCUT2D eigenvalue weighted by atomic mass is 9.98. The van der Waals surface area contributed by atoms with E-state index in [1.807, 2.05) is 11.0 Å². The summed E-state index contributed by atoms with van der Waals surface area (Å²) in [6.45, 7) is 7.31.